The maximum atomic E-state index is 6.02. The topological polar surface area (TPSA) is 42.1 Å². The molecule has 0 bridgehead atoms. The number of benzene rings is 1. The van der Waals surface area contributed by atoms with Crippen molar-refractivity contribution in [3.63, 3.8) is 0 Å². The van der Waals surface area contributed by atoms with Crippen molar-refractivity contribution < 1.29 is 0 Å². The minimum absolute atomic E-state index is 0.522. The second kappa shape index (κ2) is 6.06. The number of rotatable bonds is 4. The minimum Gasteiger partial charge on any atom is -0.399 e. The van der Waals surface area contributed by atoms with Crippen molar-refractivity contribution in [1.29, 1.82) is 0 Å². The third-order valence-corrected chi connectivity index (χ3v) is 4.16. The predicted molar refractivity (Wildman–Crippen MR) is 82.3 cm³/mol. The van der Waals surface area contributed by atoms with Gasteiger partial charge in [0.1, 0.15) is 0 Å². The first-order valence-corrected chi connectivity index (χ1v) is 7.32. The van der Waals surface area contributed by atoms with Gasteiger partial charge in [-0.3, -0.25) is 9.88 Å². The molecule has 0 radical (unpaired) electrons. The summed E-state index contributed by atoms with van der Waals surface area (Å²) < 4.78 is 0. The SMILES string of the molecule is Nc1ccccc1CCN1CCCC1c1cccnc1. The summed E-state index contributed by atoms with van der Waals surface area (Å²) in [6.07, 6.45) is 7.36. The van der Waals surface area contributed by atoms with Crippen LogP contribution in [0.25, 0.3) is 0 Å². The van der Waals surface area contributed by atoms with Gasteiger partial charge in [0, 0.05) is 30.7 Å². The van der Waals surface area contributed by atoms with Crippen LogP contribution >= 0.6 is 0 Å². The Labute approximate surface area is 120 Å². The van der Waals surface area contributed by atoms with Crippen molar-refractivity contribution in [1.82, 2.24) is 9.88 Å². The van der Waals surface area contributed by atoms with E-state index >= 15 is 0 Å². The predicted octanol–water partition coefficient (Wildman–Crippen LogP) is 3.04. The Bertz CT molecular complexity index is 553. The van der Waals surface area contributed by atoms with Gasteiger partial charge < -0.3 is 5.73 Å². The molecule has 1 unspecified atom stereocenters. The fourth-order valence-corrected chi connectivity index (χ4v) is 3.07. The molecular formula is C17H21N3. The molecule has 1 saturated heterocycles. The van der Waals surface area contributed by atoms with Gasteiger partial charge in [0.2, 0.25) is 0 Å². The van der Waals surface area contributed by atoms with E-state index in [4.69, 9.17) is 5.73 Å². The van der Waals surface area contributed by atoms with Gasteiger partial charge in [-0.2, -0.15) is 0 Å². The van der Waals surface area contributed by atoms with Crippen LogP contribution in [0.2, 0.25) is 0 Å². The lowest BCUT2D eigenvalue weighted by Gasteiger charge is -2.24. The molecule has 1 aliphatic heterocycles. The Morgan fingerprint density at radius 3 is 2.90 bits per heavy atom. The first-order valence-electron chi connectivity index (χ1n) is 7.32. The van der Waals surface area contributed by atoms with Crippen molar-refractivity contribution >= 4 is 5.69 Å². The van der Waals surface area contributed by atoms with Crippen LogP contribution in [0.3, 0.4) is 0 Å². The number of likely N-dealkylation sites (tertiary alicyclic amines) is 1. The number of nitrogens with zero attached hydrogens (tertiary/aromatic N) is 2. The van der Waals surface area contributed by atoms with Crippen LogP contribution in [0.5, 0.6) is 0 Å². The van der Waals surface area contributed by atoms with Crippen LogP contribution in [0.15, 0.2) is 48.8 Å². The summed E-state index contributed by atoms with van der Waals surface area (Å²) in [6, 6.07) is 12.9. The van der Waals surface area contributed by atoms with Gasteiger partial charge >= 0.3 is 0 Å². The fraction of sp³-hybridized carbons (Fsp3) is 0.353. The zero-order chi connectivity index (χ0) is 13.8. The van der Waals surface area contributed by atoms with E-state index in [-0.39, 0.29) is 0 Å². The van der Waals surface area contributed by atoms with Crippen LogP contribution < -0.4 is 5.73 Å². The summed E-state index contributed by atoms with van der Waals surface area (Å²) in [5.41, 5.74) is 9.52. The average Bonchev–Trinajstić information content (AvgIpc) is 2.96. The lowest BCUT2D eigenvalue weighted by Crippen LogP contribution is -2.26. The summed E-state index contributed by atoms with van der Waals surface area (Å²) in [5, 5.41) is 0. The summed E-state index contributed by atoms with van der Waals surface area (Å²) in [5.74, 6) is 0. The molecule has 104 valence electrons. The average molecular weight is 267 g/mol. The van der Waals surface area contributed by atoms with Crippen LogP contribution in [-0.4, -0.2) is 23.0 Å². The highest BCUT2D eigenvalue weighted by Gasteiger charge is 2.25. The largest absolute Gasteiger partial charge is 0.399 e. The number of hydrogen-bond acceptors (Lipinski definition) is 3. The lowest BCUT2D eigenvalue weighted by molar-refractivity contribution is 0.260. The van der Waals surface area contributed by atoms with Gasteiger partial charge in [0.05, 0.1) is 0 Å². The number of nitrogens with two attached hydrogens (primary N) is 1. The highest BCUT2D eigenvalue weighted by Crippen LogP contribution is 2.31. The van der Waals surface area contributed by atoms with Gasteiger partial charge in [0.15, 0.2) is 0 Å². The number of pyridine rings is 1. The second-order valence-electron chi connectivity index (χ2n) is 5.43. The molecule has 1 aliphatic rings. The molecule has 3 nitrogen and oxygen atoms in total. The molecule has 1 aromatic heterocycles. The number of nitrogen functional groups attached to an aromatic ring is 1. The molecule has 2 heterocycles. The first kappa shape index (κ1) is 13.1. The van der Waals surface area contributed by atoms with Crippen molar-refractivity contribution in [3.8, 4) is 0 Å². The summed E-state index contributed by atoms with van der Waals surface area (Å²) in [4.78, 5) is 6.81. The van der Waals surface area contributed by atoms with Gasteiger partial charge in [-0.05, 0) is 49.1 Å². The van der Waals surface area contributed by atoms with E-state index in [1.807, 2.05) is 30.6 Å². The zero-order valence-electron chi connectivity index (χ0n) is 11.7. The molecule has 3 rings (SSSR count). The Balaban J connectivity index is 1.67. The van der Waals surface area contributed by atoms with E-state index in [1.165, 1.54) is 30.5 Å². The third kappa shape index (κ3) is 2.83. The van der Waals surface area contributed by atoms with Gasteiger partial charge in [-0.15, -0.1) is 0 Å². The maximum absolute atomic E-state index is 6.02. The number of para-hydroxylation sites is 1. The van der Waals surface area contributed by atoms with Crippen molar-refractivity contribution in [3.05, 3.63) is 59.9 Å². The van der Waals surface area contributed by atoms with Crippen LogP contribution in [0.4, 0.5) is 5.69 Å². The van der Waals surface area contributed by atoms with Gasteiger partial charge in [-0.1, -0.05) is 24.3 Å². The number of hydrogen-bond donors (Lipinski definition) is 1. The second-order valence-corrected chi connectivity index (χ2v) is 5.43. The lowest BCUT2D eigenvalue weighted by atomic mass is 10.1. The molecule has 3 heteroatoms. The Hall–Kier alpha value is -1.87. The zero-order valence-corrected chi connectivity index (χ0v) is 11.7. The number of anilines is 1. The monoisotopic (exact) mass is 267 g/mol. The first-order chi connectivity index (χ1) is 9.84. The molecule has 2 N–H and O–H groups in total. The van der Waals surface area contributed by atoms with E-state index in [2.05, 4.69) is 28.1 Å². The molecule has 1 atom stereocenters. The molecule has 1 aromatic carbocycles. The minimum atomic E-state index is 0.522. The number of aromatic nitrogens is 1. The van der Waals surface area contributed by atoms with Crippen molar-refractivity contribution in [2.45, 2.75) is 25.3 Å². The molecule has 0 amide bonds. The highest BCUT2D eigenvalue weighted by molar-refractivity contribution is 5.46. The van der Waals surface area contributed by atoms with E-state index in [9.17, 15) is 0 Å². The van der Waals surface area contributed by atoms with E-state index in [1.54, 1.807) is 0 Å². The van der Waals surface area contributed by atoms with E-state index < -0.39 is 0 Å². The normalized spacial score (nSPS) is 19.3. The molecule has 0 saturated carbocycles. The summed E-state index contributed by atoms with van der Waals surface area (Å²) >= 11 is 0. The summed E-state index contributed by atoms with van der Waals surface area (Å²) in [6.45, 7) is 2.24. The standard InChI is InChI=1S/C17H21N3/c18-16-7-2-1-5-14(16)9-12-20-11-4-8-17(20)15-6-3-10-19-13-15/h1-3,5-7,10,13,17H,4,8-9,11-12,18H2. The molecule has 2 aromatic rings. The summed E-state index contributed by atoms with van der Waals surface area (Å²) in [7, 11) is 0. The smallest absolute Gasteiger partial charge is 0.0363 e. The fourth-order valence-electron chi connectivity index (χ4n) is 3.07. The third-order valence-electron chi connectivity index (χ3n) is 4.16. The van der Waals surface area contributed by atoms with Crippen LogP contribution in [0.1, 0.15) is 30.0 Å². The van der Waals surface area contributed by atoms with Crippen molar-refractivity contribution in [2.75, 3.05) is 18.8 Å². The molecule has 0 aliphatic carbocycles. The Morgan fingerprint density at radius 2 is 2.10 bits per heavy atom. The quantitative estimate of drug-likeness (QED) is 0.866. The molecular weight excluding hydrogens is 246 g/mol. The molecule has 1 fully saturated rings. The molecule has 20 heavy (non-hydrogen) atoms. The van der Waals surface area contributed by atoms with Crippen molar-refractivity contribution in [2.24, 2.45) is 0 Å². The van der Waals surface area contributed by atoms with Gasteiger partial charge in [-0.25, -0.2) is 0 Å². The highest BCUT2D eigenvalue weighted by atomic mass is 15.2. The van der Waals surface area contributed by atoms with E-state index in [0.717, 1.165) is 18.7 Å². The maximum Gasteiger partial charge on any atom is 0.0363 e. The van der Waals surface area contributed by atoms with Crippen LogP contribution in [0, 0.1) is 0 Å². The van der Waals surface area contributed by atoms with Gasteiger partial charge in [0.25, 0.3) is 0 Å². The van der Waals surface area contributed by atoms with E-state index in [0.29, 0.717) is 6.04 Å². The molecule has 0 spiro atoms. The Morgan fingerprint density at radius 1 is 1.20 bits per heavy atom. The Kier molecular flexibility index (Phi) is 3.97. The van der Waals surface area contributed by atoms with Crippen LogP contribution in [-0.2, 0) is 6.42 Å².